The van der Waals surface area contributed by atoms with E-state index in [2.05, 4.69) is 34.3 Å². The summed E-state index contributed by atoms with van der Waals surface area (Å²) in [7, 11) is 0. The molecule has 0 atom stereocenters. The van der Waals surface area contributed by atoms with Crippen LogP contribution in [0.2, 0.25) is 0 Å². The second kappa shape index (κ2) is 8.93. The van der Waals surface area contributed by atoms with Gasteiger partial charge < -0.3 is 9.72 Å². The van der Waals surface area contributed by atoms with Gasteiger partial charge in [-0.2, -0.15) is 5.10 Å². The third kappa shape index (κ3) is 5.36. The molecule has 1 amide bonds. The van der Waals surface area contributed by atoms with E-state index >= 15 is 0 Å². The molecule has 0 unspecified atom stereocenters. The molecule has 7 heteroatoms. The number of aromatic amines is 1. The van der Waals surface area contributed by atoms with Crippen molar-refractivity contribution < 1.29 is 9.53 Å². The first kappa shape index (κ1) is 19.9. The molecular formula is C21H24N4O2S. The highest BCUT2D eigenvalue weighted by Gasteiger charge is 2.09. The molecular weight excluding hydrogens is 372 g/mol. The quantitative estimate of drug-likeness (QED) is 0.347. The number of fused-ring (bicyclic) bond motifs is 1. The first-order valence-corrected chi connectivity index (χ1v) is 10.0. The maximum atomic E-state index is 12.4. The van der Waals surface area contributed by atoms with Crippen LogP contribution in [0.4, 0.5) is 0 Å². The maximum absolute atomic E-state index is 12.4. The monoisotopic (exact) mass is 396 g/mol. The predicted molar refractivity (Wildman–Crippen MR) is 114 cm³/mol. The number of hydrazone groups is 1. The summed E-state index contributed by atoms with van der Waals surface area (Å²) in [5.41, 5.74) is 5.63. The molecule has 0 aliphatic rings. The van der Waals surface area contributed by atoms with Crippen LogP contribution < -0.4 is 10.2 Å². The number of carbonyl (C=O) groups excluding carboxylic acids is 1. The summed E-state index contributed by atoms with van der Waals surface area (Å²) >= 11 is 1.65. The number of rotatable bonds is 7. The zero-order chi connectivity index (χ0) is 20.1. The van der Waals surface area contributed by atoms with E-state index in [1.54, 1.807) is 30.1 Å². The summed E-state index contributed by atoms with van der Waals surface area (Å²) < 4.78 is 5.60. The zero-order valence-corrected chi connectivity index (χ0v) is 17.2. The number of benzene rings is 2. The van der Waals surface area contributed by atoms with E-state index in [-0.39, 0.29) is 12.0 Å². The fraction of sp³-hybridized carbons (Fsp3) is 0.286. The van der Waals surface area contributed by atoms with Gasteiger partial charge in [-0.3, -0.25) is 4.79 Å². The van der Waals surface area contributed by atoms with Crippen molar-refractivity contribution in [3.05, 3.63) is 53.6 Å². The number of hydrogen-bond donors (Lipinski definition) is 2. The predicted octanol–water partition coefficient (Wildman–Crippen LogP) is 4.61. The van der Waals surface area contributed by atoms with Crippen LogP contribution in [0.3, 0.4) is 0 Å². The molecule has 0 bridgehead atoms. The van der Waals surface area contributed by atoms with Crippen LogP contribution >= 0.6 is 11.8 Å². The number of thioether (sulfide) groups is 1. The molecule has 0 radical (unpaired) electrons. The SMILES string of the molecule is CC(C)Oc1ccc(/C=N\NC(=O)c2ccc3nc(SC(C)C)[nH]c3c2)cc1. The second-order valence-corrected chi connectivity index (χ2v) is 8.44. The molecule has 2 N–H and O–H groups in total. The van der Waals surface area contributed by atoms with E-state index in [4.69, 9.17) is 4.74 Å². The Kier molecular flexibility index (Phi) is 6.36. The van der Waals surface area contributed by atoms with Crippen LogP contribution in [0.5, 0.6) is 5.75 Å². The number of amides is 1. The van der Waals surface area contributed by atoms with Gasteiger partial charge >= 0.3 is 0 Å². The highest BCUT2D eigenvalue weighted by molar-refractivity contribution is 7.99. The maximum Gasteiger partial charge on any atom is 0.271 e. The molecule has 0 saturated carbocycles. The van der Waals surface area contributed by atoms with Crippen LogP contribution in [0.1, 0.15) is 43.6 Å². The molecule has 0 aliphatic heterocycles. The average Bonchev–Trinajstić information content (AvgIpc) is 3.03. The summed E-state index contributed by atoms with van der Waals surface area (Å²) in [4.78, 5) is 20.1. The van der Waals surface area contributed by atoms with Gasteiger partial charge in [0.1, 0.15) is 5.75 Å². The first-order valence-electron chi connectivity index (χ1n) is 9.17. The molecule has 2 aromatic carbocycles. The molecule has 0 aliphatic carbocycles. The molecule has 1 heterocycles. The normalized spacial score (nSPS) is 11.6. The Morgan fingerprint density at radius 1 is 1.18 bits per heavy atom. The molecule has 3 rings (SSSR count). The molecule has 28 heavy (non-hydrogen) atoms. The summed E-state index contributed by atoms with van der Waals surface area (Å²) in [6, 6.07) is 12.9. The van der Waals surface area contributed by atoms with Gasteiger partial charge in [0, 0.05) is 10.8 Å². The Morgan fingerprint density at radius 3 is 2.61 bits per heavy atom. The van der Waals surface area contributed by atoms with Gasteiger partial charge in [0.05, 0.1) is 23.4 Å². The minimum atomic E-state index is -0.273. The zero-order valence-electron chi connectivity index (χ0n) is 16.4. The van der Waals surface area contributed by atoms with E-state index in [1.807, 2.05) is 44.2 Å². The van der Waals surface area contributed by atoms with Gasteiger partial charge in [0.25, 0.3) is 5.91 Å². The summed E-state index contributed by atoms with van der Waals surface area (Å²) in [6.07, 6.45) is 1.73. The first-order chi connectivity index (χ1) is 13.4. The minimum Gasteiger partial charge on any atom is -0.491 e. The van der Waals surface area contributed by atoms with Crippen LogP contribution in [0.25, 0.3) is 11.0 Å². The average molecular weight is 397 g/mol. The Balaban J connectivity index is 1.63. The standard InChI is InChI=1S/C21H24N4O2S/c1-13(2)27-17-8-5-15(6-9-17)12-22-25-20(26)16-7-10-18-19(11-16)24-21(23-18)28-14(3)4/h5-14H,1-4H3,(H,23,24)(H,25,26)/b22-12-. The van der Waals surface area contributed by atoms with E-state index in [1.165, 1.54) is 0 Å². The molecule has 6 nitrogen and oxygen atoms in total. The number of nitrogens with one attached hydrogen (secondary N) is 2. The van der Waals surface area contributed by atoms with Gasteiger partial charge in [0.2, 0.25) is 0 Å². The molecule has 146 valence electrons. The van der Waals surface area contributed by atoms with Gasteiger partial charge in [-0.25, -0.2) is 10.4 Å². The fourth-order valence-electron chi connectivity index (χ4n) is 2.54. The van der Waals surface area contributed by atoms with E-state index in [0.29, 0.717) is 10.8 Å². The molecule has 1 aromatic heterocycles. The number of nitrogens with zero attached hydrogens (tertiary/aromatic N) is 2. The lowest BCUT2D eigenvalue weighted by atomic mass is 10.2. The smallest absolute Gasteiger partial charge is 0.271 e. The highest BCUT2D eigenvalue weighted by atomic mass is 32.2. The van der Waals surface area contributed by atoms with E-state index < -0.39 is 0 Å². The Labute approximate surface area is 168 Å². The number of ether oxygens (including phenoxy) is 1. The van der Waals surface area contributed by atoms with Crippen molar-refractivity contribution in [2.75, 3.05) is 0 Å². The van der Waals surface area contributed by atoms with Crippen molar-refractivity contribution in [1.29, 1.82) is 0 Å². The van der Waals surface area contributed by atoms with Crippen molar-refractivity contribution in [2.24, 2.45) is 5.10 Å². The lowest BCUT2D eigenvalue weighted by molar-refractivity contribution is 0.0955. The van der Waals surface area contributed by atoms with Gasteiger partial charge in [-0.1, -0.05) is 25.6 Å². The fourth-order valence-corrected chi connectivity index (χ4v) is 3.31. The number of carbonyl (C=O) groups is 1. The molecule has 0 spiro atoms. The third-order valence-corrected chi connectivity index (χ3v) is 4.59. The Bertz CT molecular complexity index is 978. The van der Waals surface area contributed by atoms with Crippen LogP contribution in [-0.2, 0) is 0 Å². The Hall–Kier alpha value is -2.80. The second-order valence-electron chi connectivity index (χ2n) is 6.88. The lowest BCUT2D eigenvalue weighted by Crippen LogP contribution is -2.17. The van der Waals surface area contributed by atoms with Crippen molar-refractivity contribution in [2.45, 2.75) is 44.2 Å². The van der Waals surface area contributed by atoms with Crippen LogP contribution in [0.15, 0.2) is 52.7 Å². The lowest BCUT2D eigenvalue weighted by Gasteiger charge is -2.09. The minimum absolute atomic E-state index is 0.131. The molecule has 0 fully saturated rings. The van der Waals surface area contributed by atoms with Crippen molar-refractivity contribution in [3.63, 3.8) is 0 Å². The largest absolute Gasteiger partial charge is 0.491 e. The Morgan fingerprint density at radius 2 is 1.93 bits per heavy atom. The summed E-state index contributed by atoms with van der Waals surface area (Å²) in [6.45, 7) is 8.18. The van der Waals surface area contributed by atoms with E-state index in [9.17, 15) is 4.79 Å². The van der Waals surface area contributed by atoms with Crippen molar-refractivity contribution >= 4 is 34.9 Å². The summed E-state index contributed by atoms with van der Waals surface area (Å²) in [5, 5.41) is 5.32. The van der Waals surface area contributed by atoms with Gasteiger partial charge in [-0.15, -0.1) is 0 Å². The number of aromatic nitrogens is 2. The summed E-state index contributed by atoms with van der Waals surface area (Å²) in [5.74, 6) is 0.532. The van der Waals surface area contributed by atoms with Gasteiger partial charge in [0.15, 0.2) is 5.16 Å². The molecule has 3 aromatic rings. The highest BCUT2D eigenvalue weighted by Crippen LogP contribution is 2.23. The molecule has 0 saturated heterocycles. The van der Waals surface area contributed by atoms with E-state index in [0.717, 1.165) is 27.5 Å². The number of hydrogen-bond acceptors (Lipinski definition) is 5. The third-order valence-electron chi connectivity index (χ3n) is 3.70. The van der Waals surface area contributed by atoms with Crippen molar-refractivity contribution in [1.82, 2.24) is 15.4 Å². The number of H-pyrrole nitrogens is 1. The number of imidazole rings is 1. The van der Waals surface area contributed by atoms with Gasteiger partial charge in [-0.05, 0) is 61.9 Å². The van der Waals surface area contributed by atoms with Crippen LogP contribution in [0, 0.1) is 0 Å². The van der Waals surface area contributed by atoms with Crippen LogP contribution in [-0.4, -0.2) is 33.4 Å². The van der Waals surface area contributed by atoms with Crippen molar-refractivity contribution in [3.8, 4) is 5.75 Å². The topological polar surface area (TPSA) is 79.4 Å².